The SMILES string of the molecule is CCC1CCCCN1C(=O)c1cccc(C)n1. The molecular formula is C14H20N2O. The molecule has 1 saturated heterocycles. The summed E-state index contributed by atoms with van der Waals surface area (Å²) in [7, 11) is 0. The molecule has 1 aliphatic heterocycles. The quantitative estimate of drug-likeness (QED) is 0.785. The number of aryl methyl sites for hydroxylation is 1. The molecule has 0 N–H and O–H groups in total. The van der Waals surface area contributed by atoms with E-state index in [0.29, 0.717) is 11.7 Å². The summed E-state index contributed by atoms with van der Waals surface area (Å²) in [6.07, 6.45) is 4.53. The lowest BCUT2D eigenvalue weighted by atomic mass is 9.99. The first kappa shape index (κ1) is 12.1. The van der Waals surface area contributed by atoms with Crippen molar-refractivity contribution in [2.45, 2.75) is 45.6 Å². The van der Waals surface area contributed by atoms with Gasteiger partial charge in [0.1, 0.15) is 5.69 Å². The summed E-state index contributed by atoms with van der Waals surface area (Å²) in [6, 6.07) is 6.04. The largest absolute Gasteiger partial charge is 0.334 e. The van der Waals surface area contributed by atoms with E-state index in [4.69, 9.17) is 0 Å². The van der Waals surface area contributed by atoms with Crippen LogP contribution < -0.4 is 0 Å². The first-order valence-corrected chi connectivity index (χ1v) is 6.47. The lowest BCUT2D eigenvalue weighted by molar-refractivity contribution is 0.0601. The number of hydrogen-bond acceptors (Lipinski definition) is 2. The van der Waals surface area contributed by atoms with Gasteiger partial charge < -0.3 is 4.90 Å². The van der Waals surface area contributed by atoms with Gasteiger partial charge >= 0.3 is 0 Å². The molecule has 1 aromatic heterocycles. The Kier molecular flexibility index (Phi) is 3.77. The molecule has 0 saturated carbocycles. The van der Waals surface area contributed by atoms with Crippen molar-refractivity contribution >= 4 is 5.91 Å². The second kappa shape index (κ2) is 5.30. The lowest BCUT2D eigenvalue weighted by Crippen LogP contribution is -2.43. The van der Waals surface area contributed by atoms with Crippen LogP contribution in [0.5, 0.6) is 0 Å². The van der Waals surface area contributed by atoms with Gasteiger partial charge in [-0.25, -0.2) is 4.98 Å². The number of piperidine rings is 1. The molecule has 2 rings (SSSR count). The molecule has 0 aromatic carbocycles. The number of likely N-dealkylation sites (tertiary alicyclic amines) is 1. The number of carbonyl (C=O) groups excluding carboxylic acids is 1. The molecule has 92 valence electrons. The number of carbonyl (C=O) groups is 1. The van der Waals surface area contributed by atoms with E-state index in [1.54, 1.807) is 0 Å². The predicted molar refractivity (Wildman–Crippen MR) is 67.9 cm³/mol. The minimum atomic E-state index is 0.0975. The Balaban J connectivity index is 2.18. The smallest absolute Gasteiger partial charge is 0.272 e. The monoisotopic (exact) mass is 232 g/mol. The van der Waals surface area contributed by atoms with Crippen LogP contribution in [-0.2, 0) is 0 Å². The lowest BCUT2D eigenvalue weighted by Gasteiger charge is -2.35. The van der Waals surface area contributed by atoms with Crippen LogP contribution >= 0.6 is 0 Å². The summed E-state index contributed by atoms with van der Waals surface area (Å²) in [5.74, 6) is 0.0975. The van der Waals surface area contributed by atoms with Crippen molar-refractivity contribution in [2.24, 2.45) is 0 Å². The van der Waals surface area contributed by atoms with Gasteiger partial charge in [0.15, 0.2) is 0 Å². The number of hydrogen-bond donors (Lipinski definition) is 0. The fourth-order valence-electron chi connectivity index (χ4n) is 2.50. The summed E-state index contributed by atoms with van der Waals surface area (Å²) in [5.41, 5.74) is 1.49. The van der Waals surface area contributed by atoms with Crippen molar-refractivity contribution in [2.75, 3.05) is 6.54 Å². The summed E-state index contributed by atoms with van der Waals surface area (Å²) in [5, 5.41) is 0. The van der Waals surface area contributed by atoms with E-state index in [9.17, 15) is 4.79 Å². The van der Waals surface area contributed by atoms with E-state index in [1.165, 1.54) is 6.42 Å². The summed E-state index contributed by atoms with van der Waals surface area (Å²) in [6.45, 7) is 4.96. The van der Waals surface area contributed by atoms with Gasteiger partial charge in [-0.2, -0.15) is 0 Å². The molecule has 1 atom stereocenters. The first-order valence-electron chi connectivity index (χ1n) is 6.47. The maximum atomic E-state index is 12.4. The summed E-state index contributed by atoms with van der Waals surface area (Å²) < 4.78 is 0. The van der Waals surface area contributed by atoms with Crippen LogP contribution in [0.2, 0.25) is 0 Å². The third kappa shape index (κ3) is 2.65. The Hall–Kier alpha value is -1.38. The average Bonchev–Trinajstić information content (AvgIpc) is 2.38. The minimum absolute atomic E-state index is 0.0975. The van der Waals surface area contributed by atoms with Crippen molar-refractivity contribution in [1.29, 1.82) is 0 Å². The maximum absolute atomic E-state index is 12.4. The van der Waals surface area contributed by atoms with Crippen LogP contribution in [0.4, 0.5) is 0 Å². The molecule has 2 heterocycles. The van der Waals surface area contributed by atoms with Crippen LogP contribution in [-0.4, -0.2) is 28.4 Å². The normalized spacial score (nSPS) is 20.4. The van der Waals surface area contributed by atoms with Crippen molar-refractivity contribution in [3.05, 3.63) is 29.6 Å². The Labute approximate surface area is 103 Å². The van der Waals surface area contributed by atoms with Gasteiger partial charge in [-0.05, 0) is 44.7 Å². The molecule has 1 fully saturated rings. The van der Waals surface area contributed by atoms with Crippen molar-refractivity contribution in [3.8, 4) is 0 Å². The number of aromatic nitrogens is 1. The highest BCUT2D eigenvalue weighted by molar-refractivity contribution is 5.92. The first-order chi connectivity index (χ1) is 8.22. The Morgan fingerprint density at radius 3 is 3.00 bits per heavy atom. The number of rotatable bonds is 2. The Bertz CT molecular complexity index is 403. The van der Waals surface area contributed by atoms with Gasteiger partial charge in [0.2, 0.25) is 0 Å². The standard InChI is InChI=1S/C14H20N2O/c1-3-12-8-4-5-10-16(12)14(17)13-9-6-7-11(2)15-13/h6-7,9,12H,3-5,8,10H2,1-2H3. The van der Waals surface area contributed by atoms with Gasteiger partial charge in [0.25, 0.3) is 5.91 Å². The van der Waals surface area contributed by atoms with E-state index < -0.39 is 0 Å². The van der Waals surface area contributed by atoms with E-state index in [-0.39, 0.29) is 5.91 Å². The fraction of sp³-hybridized carbons (Fsp3) is 0.571. The zero-order chi connectivity index (χ0) is 12.3. The van der Waals surface area contributed by atoms with E-state index in [1.807, 2.05) is 30.0 Å². The van der Waals surface area contributed by atoms with Crippen molar-refractivity contribution in [3.63, 3.8) is 0 Å². The Morgan fingerprint density at radius 1 is 1.47 bits per heavy atom. The van der Waals surface area contributed by atoms with Gasteiger partial charge in [-0.3, -0.25) is 4.79 Å². The van der Waals surface area contributed by atoms with Crippen LogP contribution in [0.3, 0.4) is 0 Å². The molecule has 0 radical (unpaired) electrons. The van der Waals surface area contributed by atoms with Crippen molar-refractivity contribution in [1.82, 2.24) is 9.88 Å². The summed E-state index contributed by atoms with van der Waals surface area (Å²) >= 11 is 0. The maximum Gasteiger partial charge on any atom is 0.272 e. The molecule has 1 amide bonds. The zero-order valence-corrected chi connectivity index (χ0v) is 10.6. The van der Waals surface area contributed by atoms with Crippen LogP contribution in [0, 0.1) is 6.92 Å². The molecule has 1 unspecified atom stereocenters. The predicted octanol–water partition coefficient (Wildman–Crippen LogP) is 2.79. The highest BCUT2D eigenvalue weighted by atomic mass is 16.2. The van der Waals surface area contributed by atoms with E-state index >= 15 is 0 Å². The van der Waals surface area contributed by atoms with Crippen LogP contribution in [0.1, 0.15) is 48.8 Å². The van der Waals surface area contributed by atoms with Gasteiger partial charge in [0, 0.05) is 18.3 Å². The molecule has 17 heavy (non-hydrogen) atoms. The molecule has 3 nitrogen and oxygen atoms in total. The van der Waals surface area contributed by atoms with Crippen LogP contribution in [0.25, 0.3) is 0 Å². The highest BCUT2D eigenvalue weighted by Gasteiger charge is 2.26. The molecule has 0 bridgehead atoms. The highest BCUT2D eigenvalue weighted by Crippen LogP contribution is 2.21. The molecule has 1 aromatic rings. The molecule has 1 aliphatic rings. The topological polar surface area (TPSA) is 33.2 Å². The molecule has 0 aliphatic carbocycles. The minimum Gasteiger partial charge on any atom is -0.334 e. The zero-order valence-electron chi connectivity index (χ0n) is 10.6. The molecule has 0 spiro atoms. The molecular weight excluding hydrogens is 212 g/mol. The van der Waals surface area contributed by atoms with Crippen molar-refractivity contribution < 1.29 is 4.79 Å². The third-order valence-electron chi connectivity index (χ3n) is 3.47. The van der Waals surface area contributed by atoms with E-state index in [2.05, 4.69) is 11.9 Å². The fourth-order valence-corrected chi connectivity index (χ4v) is 2.50. The second-order valence-electron chi connectivity index (χ2n) is 4.72. The number of amides is 1. The molecule has 3 heteroatoms. The number of nitrogens with zero attached hydrogens (tertiary/aromatic N) is 2. The number of pyridine rings is 1. The Morgan fingerprint density at radius 2 is 2.29 bits per heavy atom. The van der Waals surface area contributed by atoms with Gasteiger partial charge in [-0.15, -0.1) is 0 Å². The summed E-state index contributed by atoms with van der Waals surface area (Å²) in [4.78, 5) is 18.7. The van der Waals surface area contributed by atoms with Gasteiger partial charge in [-0.1, -0.05) is 13.0 Å². The van der Waals surface area contributed by atoms with Gasteiger partial charge in [0.05, 0.1) is 0 Å². The van der Waals surface area contributed by atoms with E-state index in [0.717, 1.165) is 31.5 Å². The van der Waals surface area contributed by atoms with Crippen LogP contribution in [0.15, 0.2) is 18.2 Å². The third-order valence-corrected chi connectivity index (χ3v) is 3.47. The second-order valence-corrected chi connectivity index (χ2v) is 4.72. The average molecular weight is 232 g/mol.